The highest BCUT2D eigenvalue weighted by Crippen LogP contribution is 2.14. The highest BCUT2D eigenvalue weighted by atomic mass is 16.5. The van der Waals surface area contributed by atoms with Crippen molar-refractivity contribution in [1.82, 2.24) is 4.57 Å². The number of hydrogen-bond acceptors (Lipinski definition) is 6. The molecule has 0 amide bonds. The van der Waals surface area contributed by atoms with Crippen LogP contribution in [0.1, 0.15) is 33.2 Å². The Morgan fingerprint density at radius 2 is 1.61 bits per heavy atom. The Labute approximate surface area is 134 Å². The first-order valence-electron chi connectivity index (χ1n) is 7.56. The van der Waals surface area contributed by atoms with Gasteiger partial charge < -0.3 is 14.2 Å². The molecule has 1 aromatic heterocycles. The van der Waals surface area contributed by atoms with Crippen molar-refractivity contribution in [2.75, 3.05) is 19.8 Å². The first-order chi connectivity index (χ1) is 11.0. The van der Waals surface area contributed by atoms with E-state index < -0.39 is 18.0 Å². The molecule has 8 heteroatoms. The van der Waals surface area contributed by atoms with Gasteiger partial charge in [-0.05, 0) is 20.8 Å². The minimum atomic E-state index is -0.836. The lowest BCUT2D eigenvalue weighted by Gasteiger charge is -2.11. The van der Waals surface area contributed by atoms with E-state index in [1.54, 1.807) is 44.1 Å². The molecule has 0 aliphatic carbocycles. The van der Waals surface area contributed by atoms with E-state index >= 15 is 0 Å². The predicted molar refractivity (Wildman–Crippen MR) is 78.2 cm³/mol. The summed E-state index contributed by atoms with van der Waals surface area (Å²) >= 11 is 0. The monoisotopic (exact) mass is 327 g/mol. The van der Waals surface area contributed by atoms with Gasteiger partial charge in [0.05, 0.1) is 26.2 Å². The number of esters is 3. The van der Waals surface area contributed by atoms with E-state index in [1.165, 1.54) is 4.57 Å². The van der Waals surface area contributed by atoms with Gasteiger partial charge in [0.25, 0.3) is 0 Å². The molecule has 0 aliphatic heterocycles. The van der Waals surface area contributed by atoms with Gasteiger partial charge in [-0.25, -0.2) is 18.7 Å². The molecule has 0 bridgehead atoms. The van der Waals surface area contributed by atoms with Crippen LogP contribution in [0.5, 0.6) is 0 Å². The lowest BCUT2D eigenvalue weighted by Crippen LogP contribution is -2.37. The van der Waals surface area contributed by atoms with Gasteiger partial charge in [-0.1, -0.05) is 0 Å². The Morgan fingerprint density at radius 3 is 2.22 bits per heavy atom. The van der Waals surface area contributed by atoms with Crippen molar-refractivity contribution in [3.05, 3.63) is 18.7 Å². The molecule has 0 radical (unpaired) electrons. The summed E-state index contributed by atoms with van der Waals surface area (Å²) in [6.07, 6.45) is 4.63. The fraction of sp³-hybridized carbons (Fsp3) is 0.600. The van der Waals surface area contributed by atoms with E-state index in [9.17, 15) is 14.4 Å². The number of rotatable bonds is 9. The lowest BCUT2D eigenvalue weighted by atomic mass is 10.2. The molecule has 23 heavy (non-hydrogen) atoms. The fourth-order valence-electron chi connectivity index (χ4n) is 1.97. The number of aromatic nitrogens is 2. The molecular weight excluding hydrogens is 304 g/mol. The van der Waals surface area contributed by atoms with Gasteiger partial charge >= 0.3 is 17.9 Å². The third-order valence-electron chi connectivity index (χ3n) is 2.91. The van der Waals surface area contributed by atoms with Crippen LogP contribution in [-0.2, 0) is 35.1 Å². The van der Waals surface area contributed by atoms with Crippen molar-refractivity contribution in [2.24, 2.45) is 0 Å². The normalized spacial score (nSPS) is 11.6. The van der Waals surface area contributed by atoms with Crippen LogP contribution in [0.2, 0.25) is 0 Å². The van der Waals surface area contributed by atoms with Gasteiger partial charge in [0.1, 0.15) is 12.4 Å². The summed E-state index contributed by atoms with van der Waals surface area (Å²) in [5.41, 5.74) is 0. The zero-order chi connectivity index (χ0) is 17.2. The van der Waals surface area contributed by atoms with Crippen LogP contribution >= 0.6 is 0 Å². The Bertz CT molecular complexity index is 540. The Balaban J connectivity index is 2.85. The molecule has 0 aromatic carbocycles. The summed E-state index contributed by atoms with van der Waals surface area (Å²) in [4.78, 5) is 35.2. The molecule has 0 aliphatic rings. The number of carbonyl (C=O) groups excluding carboxylic acids is 3. The second kappa shape index (κ2) is 9.60. The topological polar surface area (TPSA) is 87.7 Å². The van der Waals surface area contributed by atoms with Crippen molar-refractivity contribution in [3.63, 3.8) is 0 Å². The molecule has 0 fully saturated rings. The first-order valence-corrected chi connectivity index (χ1v) is 7.56. The molecule has 1 heterocycles. The van der Waals surface area contributed by atoms with E-state index in [0.717, 1.165) is 0 Å². The Kier molecular flexibility index (Phi) is 7.79. The molecule has 1 aromatic rings. The molecule has 0 N–H and O–H groups in total. The zero-order valence-electron chi connectivity index (χ0n) is 13.7. The number of ether oxygens (including phenoxy) is 3. The smallest absolute Gasteiger partial charge is 0.352 e. The molecule has 1 unspecified atom stereocenters. The second-order valence-corrected chi connectivity index (χ2v) is 4.62. The van der Waals surface area contributed by atoms with E-state index in [4.69, 9.17) is 14.2 Å². The molecule has 0 saturated heterocycles. The number of carbonyl (C=O) groups is 3. The van der Waals surface area contributed by atoms with Crippen LogP contribution in [0.4, 0.5) is 0 Å². The number of nitrogens with zero attached hydrogens (tertiary/aromatic N) is 2. The summed E-state index contributed by atoms with van der Waals surface area (Å²) in [5.74, 6) is -1.40. The third-order valence-corrected chi connectivity index (χ3v) is 2.91. The highest BCUT2D eigenvalue weighted by Gasteiger charge is 2.30. The third kappa shape index (κ3) is 6.09. The molecule has 1 atom stereocenters. The lowest BCUT2D eigenvalue weighted by molar-refractivity contribution is -0.685. The predicted octanol–water partition coefficient (Wildman–Crippen LogP) is 0.396. The Hall–Kier alpha value is -2.38. The molecular formula is C15H23N2O6+. The maximum Gasteiger partial charge on any atom is 0.352 e. The van der Waals surface area contributed by atoms with Crippen LogP contribution in [0, 0.1) is 0 Å². The van der Waals surface area contributed by atoms with Crippen LogP contribution in [-0.4, -0.2) is 42.3 Å². The number of imidazole rings is 1. The minimum Gasteiger partial charge on any atom is -0.466 e. The van der Waals surface area contributed by atoms with Crippen molar-refractivity contribution in [3.8, 4) is 0 Å². The molecule has 128 valence electrons. The van der Waals surface area contributed by atoms with E-state index in [1.807, 2.05) is 0 Å². The summed E-state index contributed by atoms with van der Waals surface area (Å²) in [6, 6.07) is -0.836. The zero-order valence-corrected chi connectivity index (χ0v) is 13.7. The summed E-state index contributed by atoms with van der Waals surface area (Å²) < 4.78 is 17.8. The molecule has 0 saturated carbocycles. The molecule has 1 rings (SSSR count). The van der Waals surface area contributed by atoms with Crippen LogP contribution in [0.25, 0.3) is 0 Å². The molecule has 8 nitrogen and oxygen atoms in total. The van der Waals surface area contributed by atoms with Gasteiger partial charge in [-0.15, -0.1) is 0 Å². The van der Waals surface area contributed by atoms with Gasteiger partial charge in [-0.3, -0.25) is 4.79 Å². The van der Waals surface area contributed by atoms with E-state index in [2.05, 4.69) is 0 Å². The van der Waals surface area contributed by atoms with Gasteiger partial charge in [0.2, 0.25) is 12.4 Å². The van der Waals surface area contributed by atoms with Crippen LogP contribution < -0.4 is 4.57 Å². The van der Waals surface area contributed by atoms with Crippen LogP contribution in [0.3, 0.4) is 0 Å². The maximum atomic E-state index is 12.1. The summed E-state index contributed by atoms with van der Waals surface area (Å²) in [6.45, 7) is 5.88. The summed E-state index contributed by atoms with van der Waals surface area (Å²) in [5, 5.41) is 0. The largest absolute Gasteiger partial charge is 0.466 e. The average Bonchev–Trinajstić information content (AvgIpc) is 2.93. The van der Waals surface area contributed by atoms with Crippen molar-refractivity contribution in [2.45, 2.75) is 39.8 Å². The van der Waals surface area contributed by atoms with Gasteiger partial charge in [0.15, 0.2) is 6.54 Å². The van der Waals surface area contributed by atoms with Crippen molar-refractivity contribution >= 4 is 17.9 Å². The first kappa shape index (κ1) is 18.7. The highest BCUT2D eigenvalue weighted by molar-refractivity contribution is 5.81. The van der Waals surface area contributed by atoms with Crippen LogP contribution in [0.15, 0.2) is 18.7 Å². The maximum absolute atomic E-state index is 12.1. The average molecular weight is 327 g/mol. The molecule has 0 spiro atoms. The SMILES string of the molecule is CCOC(=O)CC(C(=O)OCC)n1cc[n+](CC(=O)OCC)c1. The Morgan fingerprint density at radius 1 is 1.00 bits per heavy atom. The standard InChI is InChI=1S/C15H23N2O6/c1-4-21-13(18)9-12(15(20)23-6-3)17-8-7-16(11-17)10-14(19)22-5-2/h7-8,11-12H,4-6,9-10H2,1-3H3/q+1. The number of hydrogen-bond donors (Lipinski definition) is 0. The van der Waals surface area contributed by atoms with Crippen molar-refractivity contribution < 1.29 is 33.2 Å². The van der Waals surface area contributed by atoms with Gasteiger partial charge in [-0.2, -0.15) is 0 Å². The van der Waals surface area contributed by atoms with E-state index in [-0.39, 0.29) is 32.1 Å². The van der Waals surface area contributed by atoms with Gasteiger partial charge in [0, 0.05) is 0 Å². The van der Waals surface area contributed by atoms with E-state index in [0.29, 0.717) is 6.61 Å². The van der Waals surface area contributed by atoms with Crippen molar-refractivity contribution in [1.29, 1.82) is 0 Å². The fourth-order valence-corrected chi connectivity index (χ4v) is 1.97. The second-order valence-electron chi connectivity index (χ2n) is 4.62. The quantitative estimate of drug-likeness (QED) is 0.370. The minimum absolute atomic E-state index is 0.0236. The summed E-state index contributed by atoms with van der Waals surface area (Å²) in [7, 11) is 0.